The number of aromatic nitrogens is 3. The molecule has 5 heteroatoms. The molecule has 3 heterocycles. The van der Waals surface area contributed by atoms with Gasteiger partial charge in [-0.3, -0.25) is 4.98 Å². The lowest BCUT2D eigenvalue weighted by Gasteiger charge is -2.37. The fourth-order valence-electron chi connectivity index (χ4n) is 12.2. The number of hydrogen-bond donors (Lipinski definition) is 0. The molecule has 0 amide bonds. The van der Waals surface area contributed by atoms with Gasteiger partial charge in [0.25, 0.3) is 0 Å². The van der Waals surface area contributed by atoms with Crippen LogP contribution in [-0.4, -0.2) is 20.2 Å². The highest BCUT2D eigenvalue weighted by atomic mass is 19.1. The van der Waals surface area contributed by atoms with Crippen LogP contribution in [0.5, 0.6) is 0 Å². The predicted octanol–water partition coefficient (Wildman–Crippen LogP) is 18.4. The Morgan fingerprint density at radius 3 is 2.03 bits per heavy atom. The summed E-state index contributed by atoms with van der Waals surface area (Å²) in [5, 5.41) is 6.00. The molecule has 0 spiro atoms. The number of allylic oxidation sites excluding steroid dienone is 9. The summed E-state index contributed by atoms with van der Waals surface area (Å²) in [5.74, 6) is -0.411. The zero-order valence-electron chi connectivity index (χ0n) is 41.2. The molecule has 0 N–H and O–H groups in total. The van der Waals surface area contributed by atoms with Crippen LogP contribution in [0.2, 0.25) is 0 Å². The lowest BCUT2D eigenvalue weighted by atomic mass is 9.92. The molecule has 13 rings (SSSR count). The van der Waals surface area contributed by atoms with Gasteiger partial charge in [-0.2, -0.15) is 0 Å². The normalized spacial score (nSPS) is 17.3. The number of benzene rings is 7. The summed E-state index contributed by atoms with van der Waals surface area (Å²) in [7, 11) is 0. The molecule has 2 atom stereocenters. The number of halogens is 1. The molecular formula is C68H57FN4. The van der Waals surface area contributed by atoms with Crippen molar-refractivity contribution >= 4 is 66.5 Å². The SMILES string of the molecule is Cc1c(/C=C(\F)C2C=CC=CC2)c2cc(-c3ccc4c(c3)c3cc(-c5ccccc5)ccc3n4C3C=CC(c4ccccn4)=CC3)ccc2n1-c1ccc(N(c2cccc3ccccc23)C2CCCCC2)cc1. The summed E-state index contributed by atoms with van der Waals surface area (Å²) in [6, 6.07) is 62.6. The summed E-state index contributed by atoms with van der Waals surface area (Å²) in [6.45, 7) is 2.15. The molecule has 1 saturated carbocycles. The van der Waals surface area contributed by atoms with Gasteiger partial charge in [-0.05, 0) is 151 Å². The third-order valence-corrected chi connectivity index (χ3v) is 15.8. The lowest BCUT2D eigenvalue weighted by molar-refractivity contribution is 0.436. The van der Waals surface area contributed by atoms with Gasteiger partial charge in [0.1, 0.15) is 5.83 Å². The summed E-state index contributed by atoms with van der Waals surface area (Å²) in [4.78, 5) is 7.24. The van der Waals surface area contributed by atoms with Gasteiger partial charge in [0.15, 0.2) is 0 Å². The van der Waals surface area contributed by atoms with E-state index in [1.165, 1.54) is 87.2 Å². The quantitative estimate of drug-likeness (QED) is 0.137. The third-order valence-electron chi connectivity index (χ3n) is 15.8. The standard InChI is InChI=1S/C68H57FN4/c1-46-59(45-63(69)49-19-7-3-8-20-49)60-43-52(30-38-66(60)71(46)55-34-36-56(37-35-55)72(54-22-9-4-10-23-54)65-26-15-21-48-18-11-12-24-58(48)65)53-31-40-68-62(44-53)61-42-51(47-16-5-2-6-17-47)29-39-67(61)73(68)57-32-27-50(28-33-57)64-25-13-14-41-70-64/h2-3,5-8,11-19,21,24-32,34-45,49,54,57H,4,9-10,20,22-23,33H2,1H3/b63-45-. The Morgan fingerprint density at radius 2 is 1.32 bits per heavy atom. The van der Waals surface area contributed by atoms with Crippen molar-refractivity contribution in [3.8, 4) is 27.9 Å². The number of rotatable bonds is 10. The van der Waals surface area contributed by atoms with Crippen LogP contribution in [0, 0.1) is 12.8 Å². The zero-order valence-corrected chi connectivity index (χ0v) is 41.2. The fourth-order valence-corrected chi connectivity index (χ4v) is 12.2. The summed E-state index contributed by atoms with van der Waals surface area (Å²) < 4.78 is 21.4. The third kappa shape index (κ3) is 8.23. The van der Waals surface area contributed by atoms with E-state index in [2.05, 4.69) is 208 Å². The Kier molecular flexibility index (Phi) is 11.6. The van der Waals surface area contributed by atoms with Crippen LogP contribution in [-0.2, 0) is 0 Å². The van der Waals surface area contributed by atoms with Crippen LogP contribution in [0.25, 0.3) is 83.1 Å². The molecule has 0 aliphatic heterocycles. The van der Waals surface area contributed by atoms with E-state index < -0.39 is 0 Å². The molecule has 0 radical (unpaired) electrons. The van der Waals surface area contributed by atoms with E-state index in [0.717, 1.165) is 56.7 Å². The number of anilines is 2. The predicted molar refractivity (Wildman–Crippen MR) is 305 cm³/mol. The summed E-state index contributed by atoms with van der Waals surface area (Å²) >= 11 is 0. The van der Waals surface area contributed by atoms with E-state index in [1.807, 2.05) is 36.6 Å². The molecule has 73 heavy (non-hydrogen) atoms. The number of fused-ring (bicyclic) bond motifs is 5. The largest absolute Gasteiger partial charge is 0.338 e. The van der Waals surface area contributed by atoms with E-state index in [4.69, 9.17) is 0 Å². The highest BCUT2D eigenvalue weighted by Gasteiger charge is 2.26. The van der Waals surface area contributed by atoms with Crippen LogP contribution < -0.4 is 4.90 Å². The fraction of sp³-hybridized carbons (Fsp3) is 0.162. The molecule has 4 nitrogen and oxygen atoms in total. The van der Waals surface area contributed by atoms with Crippen molar-refractivity contribution in [1.29, 1.82) is 0 Å². The van der Waals surface area contributed by atoms with Crippen LogP contribution in [0.3, 0.4) is 0 Å². The van der Waals surface area contributed by atoms with Gasteiger partial charge in [0, 0.05) is 79.1 Å². The minimum Gasteiger partial charge on any atom is -0.338 e. The van der Waals surface area contributed by atoms with E-state index in [0.29, 0.717) is 12.5 Å². The van der Waals surface area contributed by atoms with Gasteiger partial charge in [0.2, 0.25) is 0 Å². The monoisotopic (exact) mass is 948 g/mol. The van der Waals surface area contributed by atoms with Gasteiger partial charge in [-0.15, -0.1) is 0 Å². The van der Waals surface area contributed by atoms with Crippen LogP contribution in [0.1, 0.15) is 67.9 Å². The van der Waals surface area contributed by atoms with E-state index >= 15 is 4.39 Å². The van der Waals surface area contributed by atoms with Crippen molar-refractivity contribution in [3.05, 3.63) is 241 Å². The van der Waals surface area contributed by atoms with Crippen molar-refractivity contribution in [2.24, 2.45) is 5.92 Å². The maximum Gasteiger partial charge on any atom is 0.108 e. The van der Waals surface area contributed by atoms with Crippen LogP contribution >= 0.6 is 0 Å². The number of pyridine rings is 1. The first-order valence-corrected chi connectivity index (χ1v) is 26.2. The van der Waals surface area contributed by atoms with Gasteiger partial charge in [0.05, 0.1) is 17.3 Å². The first-order valence-electron chi connectivity index (χ1n) is 26.2. The van der Waals surface area contributed by atoms with Crippen molar-refractivity contribution in [2.45, 2.75) is 64.0 Å². The second kappa shape index (κ2) is 19.0. The van der Waals surface area contributed by atoms with Gasteiger partial charge < -0.3 is 14.0 Å². The second-order valence-corrected chi connectivity index (χ2v) is 20.2. The summed E-state index contributed by atoms with van der Waals surface area (Å²) in [6.07, 6.45) is 26.2. The van der Waals surface area contributed by atoms with Gasteiger partial charge in [-0.1, -0.05) is 153 Å². The molecule has 3 aromatic heterocycles. The summed E-state index contributed by atoms with van der Waals surface area (Å²) in [5.41, 5.74) is 15.7. The smallest absolute Gasteiger partial charge is 0.108 e. The molecule has 2 unspecified atom stereocenters. The minimum absolute atomic E-state index is 0.121. The molecule has 3 aliphatic rings. The van der Waals surface area contributed by atoms with E-state index in [1.54, 1.807) is 6.08 Å². The average molecular weight is 949 g/mol. The first kappa shape index (κ1) is 44.6. The molecule has 1 fully saturated rings. The topological polar surface area (TPSA) is 26.0 Å². The highest BCUT2D eigenvalue weighted by molar-refractivity contribution is 6.11. The molecule has 10 aromatic rings. The molecule has 7 aromatic carbocycles. The Morgan fingerprint density at radius 1 is 0.616 bits per heavy atom. The minimum atomic E-state index is -0.290. The maximum atomic E-state index is 16.6. The molecular weight excluding hydrogens is 892 g/mol. The van der Waals surface area contributed by atoms with Gasteiger partial charge in [-0.25, -0.2) is 4.39 Å². The van der Waals surface area contributed by atoms with Crippen LogP contribution in [0.4, 0.5) is 15.8 Å². The molecule has 0 bridgehead atoms. The average Bonchev–Trinajstić information content (AvgIpc) is 3.93. The Hall–Kier alpha value is -8.28. The second-order valence-electron chi connectivity index (χ2n) is 20.2. The highest BCUT2D eigenvalue weighted by Crippen LogP contribution is 2.43. The van der Waals surface area contributed by atoms with Crippen molar-refractivity contribution in [2.75, 3.05) is 4.90 Å². The molecule has 0 saturated heterocycles. The maximum absolute atomic E-state index is 16.6. The van der Waals surface area contributed by atoms with Crippen molar-refractivity contribution in [1.82, 2.24) is 14.1 Å². The van der Waals surface area contributed by atoms with Crippen molar-refractivity contribution in [3.63, 3.8) is 0 Å². The lowest BCUT2D eigenvalue weighted by Crippen LogP contribution is -2.33. The number of nitrogens with zero attached hydrogens (tertiary/aromatic N) is 4. The van der Waals surface area contributed by atoms with Crippen molar-refractivity contribution < 1.29 is 4.39 Å². The Bertz CT molecular complexity index is 3860. The van der Waals surface area contributed by atoms with E-state index in [9.17, 15) is 0 Å². The number of hydrogen-bond acceptors (Lipinski definition) is 2. The zero-order chi connectivity index (χ0) is 48.8. The molecule has 356 valence electrons. The first-order chi connectivity index (χ1) is 36.0. The molecule has 3 aliphatic carbocycles. The van der Waals surface area contributed by atoms with Gasteiger partial charge >= 0.3 is 0 Å². The van der Waals surface area contributed by atoms with E-state index in [-0.39, 0.29) is 17.8 Å². The van der Waals surface area contributed by atoms with Crippen LogP contribution in [0.15, 0.2) is 224 Å². The Balaban J connectivity index is 0.927. The Labute approximate surface area is 427 Å².